The molecule has 0 aromatic rings. The fourth-order valence-corrected chi connectivity index (χ4v) is 1.91. The lowest BCUT2D eigenvalue weighted by Gasteiger charge is -2.25. The third-order valence-electron chi connectivity index (χ3n) is 3.11. The van der Waals surface area contributed by atoms with Crippen molar-refractivity contribution < 1.29 is 0 Å². The number of rotatable bonds is 3. The third kappa shape index (κ3) is 4.65. The van der Waals surface area contributed by atoms with Crippen molar-refractivity contribution in [2.45, 2.75) is 32.2 Å². The van der Waals surface area contributed by atoms with Gasteiger partial charge in [-0.25, -0.2) is 0 Å². The van der Waals surface area contributed by atoms with Crippen molar-refractivity contribution in [3.63, 3.8) is 0 Å². The van der Waals surface area contributed by atoms with E-state index in [9.17, 15) is 0 Å². The van der Waals surface area contributed by atoms with Gasteiger partial charge in [-0.1, -0.05) is 0 Å². The molecule has 90 valence electrons. The van der Waals surface area contributed by atoms with Gasteiger partial charge in [-0.15, -0.1) is 0 Å². The molecule has 1 heterocycles. The lowest BCUT2D eigenvalue weighted by atomic mass is 9.98. The van der Waals surface area contributed by atoms with E-state index in [1.807, 2.05) is 0 Å². The Bertz CT molecular complexity index is 267. The quantitative estimate of drug-likeness (QED) is 0.615. The van der Waals surface area contributed by atoms with E-state index in [-0.39, 0.29) is 0 Å². The van der Waals surface area contributed by atoms with Gasteiger partial charge in [0.1, 0.15) is 0 Å². The molecule has 4 N–H and O–H groups in total. The van der Waals surface area contributed by atoms with Crippen LogP contribution in [0.5, 0.6) is 0 Å². The third-order valence-corrected chi connectivity index (χ3v) is 3.11. The highest BCUT2D eigenvalue weighted by Gasteiger charge is 2.13. The van der Waals surface area contributed by atoms with Crippen LogP contribution in [0.4, 0.5) is 0 Å². The largest absolute Gasteiger partial charge is 0.404 e. The van der Waals surface area contributed by atoms with Gasteiger partial charge in [-0.05, 0) is 51.7 Å². The summed E-state index contributed by atoms with van der Waals surface area (Å²) in [5, 5.41) is 15.7. The normalized spacial score (nSPS) is 27.9. The second-order valence-electron chi connectivity index (χ2n) is 4.51. The van der Waals surface area contributed by atoms with Crippen molar-refractivity contribution in [2.75, 3.05) is 19.6 Å². The second kappa shape index (κ2) is 7.26. The van der Waals surface area contributed by atoms with E-state index >= 15 is 0 Å². The zero-order valence-electron chi connectivity index (χ0n) is 10.00. The molecular weight excluding hydrogens is 200 g/mol. The highest BCUT2D eigenvalue weighted by molar-refractivity contribution is 5.18. The number of nitrogens with zero attached hydrogens (tertiary/aromatic N) is 1. The van der Waals surface area contributed by atoms with Crippen LogP contribution in [-0.4, -0.2) is 25.7 Å². The van der Waals surface area contributed by atoms with Gasteiger partial charge in [0, 0.05) is 17.8 Å². The van der Waals surface area contributed by atoms with Gasteiger partial charge >= 0.3 is 0 Å². The highest BCUT2D eigenvalue weighted by Crippen LogP contribution is 2.11. The smallest absolute Gasteiger partial charge is 0.0962 e. The molecule has 1 fully saturated rings. The summed E-state index contributed by atoms with van der Waals surface area (Å²) < 4.78 is 0. The van der Waals surface area contributed by atoms with Crippen LogP contribution in [0.3, 0.4) is 0 Å². The van der Waals surface area contributed by atoms with Crippen LogP contribution in [0, 0.1) is 17.2 Å². The average Bonchev–Trinajstić information content (AvgIpc) is 2.28. The second-order valence-corrected chi connectivity index (χ2v) is 4.51. The molecule has 0 aliphatic carbocycles. The molecule has 0 radical (unpaired) electrons. The first-order chi connectivity index (χ1) is 7.76. The first kappa shape index (κ1) is 13.0. The van der Waals surface area contributed by atoms with Gasteiger partial charge in [0.25, 0.3) is 0 Å². The summed E-state index contributed by atoms with van der Waals surface area (Å²) >= 11 is 0. The molecule has 4 heteroatoms. The number of nitrogens with two attached hydrogens (primary N) is 1. The maximum absolute atomic E-state index is 8.77. The Morgan fingerprint density at radius 1 is 1.56 bits per heavy atom. The fraction of sp³-hybridized carbons (Fsp3) is 0.750. The molecule has 0 bridgehead atoms. The van der Waals surface area contributed by atoms with Crippen LogP contribution in [0.1, 0.15) is 26.2 Å². The van der Waals surface area contributed by atoms with Crippen molar-refractivity contribution in [3.8, 4) is 6.07 Å². The monoisotopic (exact) mass is 222 g/mol. The standard InChI is InChI=1S/C12H22N4/c1-10-4-5-15-8-12(9-16-10)3-2-11(6-13)7-14/h6,10,12,15-16H,2-5,8-9,13H2,1H3/b11-6-. The van der Waals surface area contributed by atoms with Crippen LogP contribution in [0.25, 0.3) is 0 Å². The van der Waals surface area contributed by atoms with Crippen molar-refractivity contribution in [1.82, 2.24) is 10.6 Å². The Hall–Kier alpha value is -1.05. The topological polar surface area (TPSA) is 73.9 Å². The van der Waals surface area contributed by atoms with Gasteiger partial charge in [0.15, 0.2) is 0 Å². The molecule has 0 amide bonds. The predicted octanol–water partition coefficient (Wildman–Crippen LogP) is 0.720. The molecule has 0 aromatic heterocycles. The summed E-state index contributed by atoms with van der Waals surface area (Å²) in [4.78, 5) is 0. The van der Waals surface area contributed by atoms with Crippen LogP contribution < -0.4 is 16.4 Å². The minimum atomic E-state index is 0.579. The molecule has 16 heavy (non-hydrogen) atoms. The summed E-state index contributed by atoms with van der Waals surface area (Å²) in [5.41, 5.74) is 6.05. The molecule has 0 spiro atoms. The van der Waals surface area contributed by atoms with Gasteiger partial charge < -0.3 is 16.4 Å². The van der Waals surface area contributed by atoms with E-state index in [2.05, 4.69) is 23.6 Å². The zero-order valence-corrected chi connectivity index (χ0v) is 10.00. The van der Waals surface area contributed by atoms with Crippen molar-refractivity contribution in [1.29, 1.82) is 5.26 Å². The summed E-state index contributed by atoms with van der Waals surface area (Å²) in [6.07, 6.45) is 4.41. The maximum Gasteiger partial charge on any atom is 0.0962 e. The summed E-state index contributed by atoms with van der Waals surface area (Å²) in [6, 6.07) is 2.70. The van der Waals surface area contributed by atoms with E-state index < -0.39 is 0 Å². The highest BCUT2D eigenvalue weighted by atomic mass is 15.0. The van der Waals surface area contributed by atoms with Crippen LogP contribution >= 0.6 is 0 Å². The molecule has 1 aliphatic heterocycles. The molecule has 2 unspecified atom stereocenters. The van der Waals surface area contributed by atoms with E-state index in [1.54, 1.807) is 0 Å². The minimum Gasteiger partial charge on any atom is -0.404 e. The Morgan fingerprint density at radius 3 is 3.06 bits per heavy atom. The molecule has 2 atom stereocenters. The molecule has 1 rings (SSSR count). The lowest BCUT2D eigenvalue weighted by molar-refractivity contribution is 0.353. The van der Waals surface area contributed by atoms with E-state index in [0.717, 1.165) is 32.5 Å². The Kier molecular flexibility index (Phi) is 5.91. The number of nitrogens with one attached hydrogen (secondary N) is 2. The van der Waals surface area contributed by atoms with Gasteiger partial charge in [-0.3, -0.25) is 0 Å². The molecule has 0 aromatic carbocycles. The number of hydrogen-bond donors (Lipinski definition) is 3. The Morgan fingerprint density at radius 2 is 2.38 bits per heavy atom. The summed E-state index contributed by atoms with van der Waals surface area (Å²) in [7, 11) is 0. The first-order valence-corrected chi connectivity index (χ1v) is 6.01. The van der Waals surface area contributed by atoms with Crippen molar-refractivity contribution in [2.24, 2.45) is 11.7 Å². The number of nitriles is 1. The minimum absolute atomic E-state index is 0.579. The average molecular weight is 222 g/mol. The van der Waals surface area contributed by atoms with E-state index in [4.69, 9.17) is 11.0 Å². The van der Waals surface area contributed by atoms with Gasteiger partial charge in [0.05, 0.1) is 6.07 Å². The van der Waals surface area contributed by atoms with Crippen molar-refractivity contribution >= 4 is 0 Å². The van der Waals surface area contributed by atoms with Gasteiger partial charge in [-0.2, -0.15) is 5.26 Å². The number of hydrogen-bond acceptors (Lipinski definition) is 4. The predicted molar refractivity (Wildman–Crippen MR) is 65.6 cm³/mol. The van der Waals surface area contributed by atoms with Crippen LogP contribution in [-0.2, 0) is 0 Å². The van der Waals surface area contributed by atoms with E-state index in [0.29, 0.717) is 17.5 Å². The van der Waals surface area contributed by atoms with Crippen LogP contribution in [0.15, 0.2) is 11.8 Å². The van der Waals surface area contributed by atoms with E-state index in [1.165, 1.54) is 12.6 Å². The molecule has 1 saturated heterocycles. The molecule has 0 saturated carbocycles. The summed E-state index contributed by atoms with van der Waals surface area (Å²) in [5.74, 6) is 0.589. The van der Waals surface area contributed by atoms with Crippen molar-refractivity contribution in [3.05, 3.63) is 11.8 Å². The van der Waals surface area contributed by atoms with Crippen LogP contribution in [0.2, 0.25) is 0 Å². The molecule has 1 aliphatic rings. The van der Waals surface area contributed by atoms with Gasteiger partial charge in [0.2, 0.25) is 0 Å². The molecule has 4 nitrogen and oxygen atoms in total. The molecular formula is C12H22N4. The Balaban J connectivity index is 2.32. The maximum atomic E-state index is 8.77. The lowest BCUT2D eigenvalue weighted by Crippen LogP contribution is -2.41. The Labute approximate surface area is 97.9 Å². The fourth-order valence-electron chi connectivity index (χ4n) is 1.91. The zero-order chi connectivity index (χ0) is 11.8. The summed E-state index contributed by atoms with van der Waals surface area (Å²) in [6.45, 7) is 5.34. The first-order valence-electron chi connectivity index (χ1n) is 6.01. The number of allylic oxidation sites excluding steroid dienone is 1. The SMILES string of the molecule is CC1CCNCC(CC/C(C#N)=C/N)CN1.